The van der Waals surface area contributed by atoms with Crippen molar-refractivity contribution in [1.82, 2.24) is 20.0 Å². The van der Waals surface area contributed by atoms with Crippen LogP contribution < -0.4 is 11.1 Å². The van der Waals surface area contributed by atoms with Crippen LogP contribution in [0.25, 0.3) is 0 Å². The fourth-order valence-corrected chi connectivity index (χ4v) is 3.96. The van der Waals surface area contributed by atoms with Crippen LogP contribution >= 0.6 is 0 Å². The van der Waals surface area contributed by atoms with Crippen LogP contribution in [0.2, 0.25) is 0 Å². The summed E-state index contributed by atoms with van der Waals surface area (Å²) < 4.78 is 21.9. The Labute approximate surface area is 275 Å². The first-order valence-electron chi connectivity index (χ1n) is 15.8. The molecular formula is C32H61N5O9. The van der Waals surface area contributed by atoms with Crippen LogP contribution in [0, 0.1) is 0 Å². The van der Waals surface area contributed by atoms with Gasteiger partial charge in [-0.1, -0.05) is 0 Å². The molecule has 0 heterocycles. The summed E-state index contributed by atoms with van der Waals surface area (Å²) in [5, 5.41) is 2.74. The van der Waals surface area contributed by atoms with E-state index >= 15 is 0 Å². The van der Waals surface area contributed by atoms with E-state index in [-0.39, 0.29) is 71.4 Å². The Morgan fingerprint density at radius 1 is 0.478 bits per heavy atom. The minimum atomic E-state index is -0.715. The van der Waals surface area contributed by atoms with Crippen molar-refractivity contribution in [3.8, 4) is 0 Å². The molecule has 0 atom stereocenters. The fourth-order valence-electron chi connectivity index (χ4n) is 3.96. The lowest BCUT2D eigenvalue weighted by molar-refractivity contribution is -0.162. The van der Waals surface area contributed by atoms with Crippen LogP contribution in [0.1, 0.15) is 83.1 Å². The summed E-state index contributed by atoms with van der Waals surface area (Å²) in [4.78, 5) is 68.5. The Bertz CT molecular complexity index is 864. The maximum absolute atomic E-state index is 12.7. The third-order valence-electron chi connectivity index (χ3n) is 5.39. The average molecular weight is 660 g/mol. The quantitative estimate of drug-likeness (QED) is 0.160. The predicted molar refractivity (Wildman–Crippen MR) is 175 cm³/mol. The zero-order valence-corrected chi connectivity index (χ0v) is 30.4. The van der Waals surface area contributed by atoms with Crippen LogP contribution in [-0.2, 0) is 42.9 Å². The molecule has 46 heavy (non-hydrogen) atoms. The van der Waals surface area contributed by atoms with Gasteiger partial charge < -0.3 is 30.0 Å². The highest BCUT2D eigenvalue weighted by Crippen LogP contribution is 2.12. The number of nitrogens with one attached hydrogen (secondary N) is 1. The molecule has 0 unspecified atom stereocenters. The molecule has 0 fully saturated rings. The molecule has 0 bridgehead atoms. The molecule has 0 aliphatic heterocycles. The number of ether oxygens (including phenoxy) is 4. The van der Waals surface area contributed by atoms with Gasteiger partial charge in [-0.3, -0.25) is 38.7 Å². The van der Waals surface area contributed by atoms with Crippen LogP contribution in [0.3, 0.4) is 0 Å². The second-order valence-corrected chi connectivity index (χ2v) is 15.2. The van der Waals surface area contributed by atoms with Gasteiger partial charge in [0.1, 0.15) is 22.4 Å². The maximum Gasteiger partial charge on any atom is 0.320 e. The van der Waals surface area contributed by atoms with Gasteiger partial charge in [0.05, 0.1) is 32.7 Å². The Balaban J connectivity index is 5.96. The van der Waals surface area contributed by atoms with E-state index in [2.05, 4.69) is 5.32 Å². The Kier molecular flexibility index (Phi) is 17.9. The third-order valence-corrected chi connectivity index (χ3v) is 5.39. The topological polar surface area (TPSA) is 170 Å². The van der Waals surface area contributed by atoms with Gasteiger partial charge in [-0.25, -0.2) is 0 Å². The van der Waals surface area contributed by atoms with E-state index in [4.69, 9.17) is 24.7 Å². The molecule has 0 rings (SSSR count). The van der Waals surface area contributed by atoms with E-state index < -0.39 is 46.3 Å². The normalized spacial score (nSPS) is 12.7. The van der Waals surface area contributed by atoms with Crippen LogP contribution in [0.5, 0.6) is 0 Å². The van der Waals surface area contributed by atoms with E-state index in [1.807, 2.05) is 0 Å². The predicted octanol–water partition coefficient (Wildman–Crippen LogP) is 1.33. The van der Waals surface area contributed by atoms with Crippen molar-refractivity contribution in [3.05, 3.63) is 0 Å². The van der Waals surface area contributed by atoms with E-state index in [0.717, 1.165) is 0 Å². The lowest BCUT2D eigenvalue weighted by atomic mass is 10.2. The fraction of sp³-hybridized carbons (Fsp3) is 0.844. The summed E-state index contributed by atoms with van der Waals surface area (Å²) in [7, 11) is 0. The molecule has 268 valence electrons. The van der Waals surface area contributed by atoms with Crippen molar-refractivity contribution in [3.63, 3.8) is 0 Å². The van der Waals surface area contributed by atoms with Crippen molar-refractivity contribution in [2.75, 3.05) is 72.0 Å². The zero-order valence-electron chi connectivity index (χ0n) is 30.4. The zero-order chi connectivity index (χ0) is 35.9. The number of amides is 1. The molecule has 0 saturated heterocycles. The number of hydrogen-bond donors (Lipinski definition) is 2. The molecule has 3 N–H and O–H groups in total. The Morgan fingerprint density at radius 2 is 0.739 bits per heavy atom. The molecule has 0 saturated carbocycles. The lowest BCUT2D eigenvalue weighted by Gasteiger charge is -2.30. The van der Waals surface area contributed by atoms with Gasteiger partial charge in [0.2, 0.25) is 5.91 Å². The minimum Gasteiger partial charge on any atom is -0.459 e. The monoisotopic (exact) mass is 659 g/mol. The molecule has 1 amide bonds. The maximum atomic E-state index is 12.7. The number of hydrogen-bond acceptors (Lipinski definition) is 13. The largest absolute Gasteiger partial charge is 0.459 e. The van der Waals surface area contributed by atoms with Crippen molar-refractivity contribution in [2.45, 2.75) is 105 Å². The first-order chi connectivity index (χ1) is 20.8. The number of nitrogens with two attached hydrogens (primary N) is 1. The van der Waals surface area contributed by atoms with Gasteiger partial charge in [0, 0.05) is 39.3 Å². The minimum absolute atomic E-state index is 0.0283. The van der Waals surface area contributed by atoms with Crippen molar-refractivity contribution < 1.29 is 42.9 Å². The summed E-state index contributed by atoms with van der Waals surface area (Å²) >= 11 is 0. The van der Waals surface area contributed by atoms with Gasteiger partial charge >= 0.3 is 23.9 Å². The van der Waals surface area contributed by atoms with Crippen LogP contribution in [-0.4, -0.2) is 139 Å². The molecule has 0 aromatic rings. The molecule has 0 spiro atoms. The highest BCUT2D eigenvalue weighted by molar-refractivity contribution is 5.78. The first kappa shape index (κ1) is 43.2. The standard InChI is InChI=1S/C32H61N5O9/c1-29(2,3)43-25(39)20-36(21-26(40)44-30(4,5)6)17-15-35(19-24(38)34-14-13-33)16-18-37(22-27(41)45-31(7,8)9)23-28(42)46-32(10,11)12/h13-23,33H2,1-12H3,(H,34,38). The number of nitrogens with zero attached hydrogens (tertiary/aromatic N) is 3. The number of rotatable bonds is 18. The second kappa shape index (κ2) is 19.1. The highest BCUT2D eigenvalue weighted by Gasteiger charge is 2.26. The summed E-state index contributed by atoms with van der Waals surface area (Å²) in [6.45, 7) is 21.8. The van der Waals surface area contributed by atoms with Gasteiger partial charge in [-0.05, 0) is 83.1 Å². The second-order valence-electron chi connectivity index (χ2n) is 15.2. The molecule has 0 aliphatic rings. The summed E-state index contributed by atoms with van der Waals surface area (Å²) in [5.41, 5.74) is 2.69. The molecule has 14 heteroatoms. The summed E-state index contributed by atoms with van der Waals surface area (Å²) in [6, 6.07) is 0. The summed E-state index contributed by atoms with van der Waals surface area (Å²) in [6.07, 6.45) is 0. The number of esters is 4. The number of carbonyl (C=O) groups excluding carboxylic acids is 5. The SMILES string of the molecule is CC(C)(C)OC(=O)CN(CCN(CCN(CC(=O)OC(C)(C)C)CC(=O)OC(C)(C)C)CC(=O)NCCN)CC(=O)OC(C)(C)C. The molecule has 0 radical (unpaired) electrons. The Hall–Kier alpha value is -2.81. The summed E-state index contributed by atoms with van der Waals surface area (Å²) in [5.74, 6) is -2.32. The number of carbonyl (C=O) groups is 5. The molecular weight excluding hydrogens is 598 g/mol. The molecule has 0 aromatic carbocycles. The highest BCUT2D eigenvalue weighted by atomic mass is 16.6. The average Bonchev–Trinajstić information content (AvgIpc) is 2.79. The van der Waals surface area contributed by atoms with E-state index in [1.54, 1.807) is 97.8 Å². The molecule has 14 nitrogen and oxygen atoms in total. The van der Waals surface area contributed by atoms with E-state index in [1.165, 1.54) is 0 Å². The molecule has 0 aromatic heterocycles. The van der Waals surface area contributed by atoms with E-state index in [0.29, 0.717) is 6.54 Å². The van der Waals surface area contributed by atoms with Crippen molar-refractivity contribution >= 4 is 29.8 Å². The third kappa shape index (κ3) is 25.4. The van der Waals surface area contributed by atoms with Crippen molar-refractivity contribution in [2.24, 2.45) is 5.73 Å². The smallest absolute Gasteiger partial charge is 0.320 e. The molecule has 0 aliphatic carbocycles. The van der Waals surface area contributed by atoms with Gasteiger partial charge in [-0.2, -0.15) is 0 Å². The van der Waals surface area contributed by atoms with Gasteiger partial charge in [0.15, 0.2) is 0 Å². The first-order valence-corrected chi connectivity index (χ1v) is 15.8. The van der Waals surface area contributed by atoms with Crippen molar-refractivity contribution in [1.29, 1.82) is 0 Å². The van der Waals surface area contributed by atoms with Gasteiger partial charge in [0.25, 0.3) is 0 Å². The van der Waals surface area contributed by atoms with Gasteiger partial charge in [-0.15, -0.1) is 0 Å². The Morgan fingerprint density at radius 3 is 0.978 bits per heavy atom. The van der Waals surface area contributed by atoms with E-state index in [9.17, 15) is 24.0 Å². The lowest BCUT2D eigenvalue weighted by Crippen LogP contribution is -2.48. The van der Waals surface area contributed by atoms with Crippen LogP contribution in [0.4, 0.5) is 0 Å². The van der Waals surface area contributed by atoms with Crippen LogP contribution in [0.15, 0.2) is 0 Å².